The smallest absolute Gasteiger partial charge is 0.261 e. The van der Waals surface area contributed by atoms with E-state index in [-0.39, 0.29) is 11.1 Å². The first-order valence-corrected chi connectivity index (χ1v) is 18.0. The van der Waals surface area contributed by atoms with Gasteiger partial charge in [0.1, 0.15) is 23.1 Å². The van der Waals surface area contributed by atoms with Gasteiger partial charge in [0.15, 0.2) is 5.82 Å². The van der Waals surface area contributed by atoms with Crippen molar-refractivity contribution in [2.75, 3.05) is 19.0 Å². The Morgan fingerprint density at radius 1 is 0.933 bits per heavy atom. The number of benzene rings is 2. The van der Waals surface area contributed by atoms with Crippen molar-refractivity contribution in [3.05, 3.63) is 96.7 Å². The summed E-state index contributed by atoms with van der Waals surface area (Å²) in [5, 5.41) is 10.9. The quantitative estimate of drug-likeness (QED) is 0.108. The topological polar surface area (TPSA) is 87.0 Å². The monoisotopic (exact) mass is 642 g/mol. The fourth-order valence-electron chi connectivity index (χ4n) is 6.14. The number of nitrogens with one attached hydrogen (secondary N) is 1. The number of pyridine rings is 1. The molecular weight excluding hydrogens is 600 g/mol. The van der Waals surface area contributed by atoms with E-state index in [1.54, 1.807) is 25.8 Å². The van der Waals surface area contributed by atoms with Crippen LogP contribution in [0.25, 0.3) is 11.0 Å². The number of hydrogen-bond acceptors (Lipinski definition) is 7. The molecular formula is C35H43ClN6O2Si. The molecule has 0 radical (unpaired) electrons. The van der Waals surface area contributed by atoms with Gasteiger partial charge < -0.3 is 14.5 Å². The van der Waals surface area contributed by atoms with Gasteiger partial charge in [0.2, 0.25) is 0 Å². The van der Waals surface area contributed by atoms with Crippen molar-refractivity contribution in [1.82, 2.24) is 24.7 Å². The zero-order valence-corrected chi connectivity index (χ0v) is 28.6. The molecule has 0 spiro atoms. The Hall–Kier alpha value is -3.79. The van der Waals surface area contributed by atoms with Gasteiger partial charge in [0.05, 0.1) is 31.4 Å². The predicted octanol–water partition coefficient (Wildman–Crippen LogP) is 6.56. The molecule has 2 aromatic carbocycles. The summed E-state index contributed by atoms with van der Waals surface area (Å²) in [7, 11) is -0.975. The molecule has 3 aromatic heterocycles. The van der Waals surface area contributed by atoms with Crippen LogP contribution in [-0.2, 0) is 16.9 Å². The van der Waals surface area contributed by atoms with E-state index in [4.69, 9.17) is 20.8 Å². The maximum atomic E-state index is 7.22. The van der Waals surface area contributed by atoms with E-state index in [2.05, 4.69) is 114 Å². The van der Waals surface area contributed by atoms with Gasteiger partial charge in [-0.3, -0.25) is 9.67 Å². The van der Waals surface area contributed by atoms with E-state index in [9.17, 15) is 0 Å². The van der Waals surface area contributed by atoms with Gasteiger partial charge in [-0.2, -0.15) is 5.10 Å². The predicted molar refractivity (Wildman–Crippen MR) is 185 cm³/mol. The largest absolute Gasteiger partial charge is 0.496 e. The van der Waals surface area contributed by atoms with Crippen molar-refractivity contribution in [1.29, 1.82) is 0 Å². The SMILES string of the molecule is CCCC(CCO[Si](c1ccccc1)(c1ccccc1)C(C)(C)C)Nc1ncnc2cnn(Cc3cnc(CCl)cc3OC)c12. The zero-order valence-electron chi connectivity index (χ0n) is 26.8. The second-order valence-corrected chi connectivity index (χ2v) is 16.9. The number of ether oxygens (including phenoxy) is 1. The van der Waals surface area contributed by atoms with Crippen LogP contribution < -0.4 is 20.4 Å². The second-order valence-electron chi connectivity index (χ2n) is 12.3. The third kappa shape index (κ3) is 7.06. The highest BCUT2D eigenvalue weighted by Crippen LogP contribution is 2.37. The van der Waals surface area contributed by atoms with E-state index < -0.39 is 8.32 Å². The number of rotatable bonds is 14. The minimum atomic E-state index is -2.63. The molecule has 0 aliphatic carbocycles. The lowest BCUT2D eigenvalue weighted by atomic mass is 10.1. The lowest BCUT2D eigenvalue weighted by Crippen LogP contribution is -2.66. The van der Waals surface area contributed by atoms with E-state index >= 15 is 0 Å². The van der Waals surface area contributed by atoms with Crippen molar-refractivity contribution in [3.63, 3.8) is 0 Å². The minimum Gasteiger partial charge on any atom is -0.496 e. The average Bonchev–Trinajstić information content (AvgIpc) is 3.47. The first-order valence-electron chi connectivity index (χ1n) is 15.6. The molecule has 0 aliphatic rings. The Labute approximate surface area is 272 Å². The van der Waals surface area contributed by atoms with Gasteiger partial charge >= 0.3 is 0 Å². The molecule has 0 amide bonds. The fourth-order valence-corrected chi connectivity index (χ4v) is 10.9. The van der Waals surface area contributed by atoms with Gasteiger partial charge in [0.25, 0.3) is 8.32 Å². The molecule has 45 heavy (non-hydrogen) atoms. The molecule has 1 atom stereocenters. The van der Waals surface area contributed by atoms with Crippen molar-refractivity contribution in [3.8, 4) is 5.75 Å². The average molecular weight is 643 g/mol. The molecule has 5 rings (SSSR count). The zero-order chi connectivity index (χ0) is 31.9. The molecule has 5 aromatic rings. The summed E-state index contributed by atoms with van der Waals surface area (Å²) in [5.74, 6) is 1.80. The van der Waals surface area contributed by atoms with Crippen molar-refractivity contribution in [2.24, 2.45) is 0 Å². The van der Waals surface area contributed by atoms with Crippen LogP contribution in [0, 0.1) is 0 Å². The minimum absolute atomic E-state index is 0.0768. The summed E-state index contributed by atoms with van der Waals surface area (Å²) in [4.78, 5) is 13.6. The molecule has 1 unspecified atom stereocenters. The molecule has 0 bridgehead atoms. The second kappa shape index (κ2) is 14.5. The molecule has 0 aliphatic heterocycles. The van der Waals surface area contributed by atoms with E-state index in [0.29, 0.717) is 19.0 Å². The molecule has 0 fully saturated rings. The Morgan fingerprint density at radius 3 is 2.22 bits per heavy atom. The first-order chi connectivity index (χ1) is 21.8. The van der Waals surface area contributed by atoms with Crippen LogP contribution in [0.1, 0.15) is 58.2 Å². The molecule has 8 nitrogen and oxygen atoms in total. The molecule has 1 N–H and O–H groups in total. The lowest BCUT2D eigenvalue weighted by molar-refractivity contribution is 0.281. The van der Waals surface area contributed by atoms with Crippen LogP contribution in [0.3, 0.4) is 0 Å². The normalized spacial score (nSPS) is 12.8. The Kier molecular flexibility index (Phi) is 10.5. The number of alkyl halides is 1. The molecule has 0 saturated carbocycles. The number of methoxy groups -OCH3 is 1. The Bertz CT molecular complexity index is 1640. The Morgan fingerprint density at radius 2 is 1.62 bits per heavy atom. The molecule has 10 heteroatoms. The maximum Gasteiger partial charge on any atom is 0.261 e. The van der Waals surface area contributed by atoms with E-state index in [1.165, 1.54) is 10.4 Å². The van der Waals surface area contributed by atoms with Crippen LogP contribution in [-0.4, -0.2) is 52.8 Å². The van der Waals surface area contributed by atoms with E-state index in [1.807, 2.05) is 10.7 Å². The van der Waals surface area contributed by atoms with E-state index in [0.717, 1.165) is 53.1 Å². The highest BCUT2D eigenvalue weighted by Gasteiger charge is 2.50. The third-order valence-electron chi connectivity index (χ3n) is 8.29. The van der Waals surface area contributed by atoms with Crippen LogP contribution in [0.4, 0.5) is 5.82 Å². The van der Waals surface area contributed by atoms with Gasteiger partial charge in [-0.15, -0.1) is 11.6 Å². The summed E-state index contributed by atoms with van der Waals surface area (Å²) in [5.41, 5.74) is 3.27. The lowest BCUT2D eigenvalue weighted by Gasteiger charge is -2.43. The number of nitrogens with zero attached hydrogens (tertiary/aromatic N) is 5. The fraction of sp³-hybridized carbons (Fsp3) is 0.371. The van der Waals surface area contributed by atoms with Gasteiger partial charge in [-0.1, -0.05) is 94.8 Å². The third-order valence-corrected chi connectivity index (χ3v) is 13.6. The van der Waals surface area contributed by atoms with Gasteiger partial charge in [0, 0.05) is 30.5 Å². The van der Waals surface area contributed by atoms with Crippen molar-refractivity contribution in [2.45, 2.75) is 70.5 Å². The van der Waals surface area contributed by atoms with Crippen LogP contribution in [0.15, 0.2) is 85.5 Å². The number of anilines is 1. The van der Waals surface area contributed by atoms with Crippen molar-refractivity contribution < 1.29 is 9.16 Å². The number of aromatic nitrogens is 5. The Balaban J connectivity index is 1.41. The first kappa shape index (κ1) is 32.6. The van der Waals surface area contributed by atoms with Crippen LogP contribution >= 0.6 is 11.6 Å². The number of halogens is 1. The maximum absolute atomic E-state index is 7.22. The van der Waals surface area contributed by atoms with Gasteiger partial charge in [-0.25, -0.2) is 9.97 Å². The molecule has 236 valence electrons. The van der Waals surface area contributed by atoms with Gasteiger partial charge in [-0.05, 0) is 28.3 Å². The highest BCUT2D eigenvalue weighted by atomic mass is 35.5. The standard InChI is InChI=1S/C35H43ClN6O2Si/c1-6-13-27(18-19-44-45(35(2,3)4,29-14-9-7-10-15-29)30-16-11-8-12-17-30)41-34-33-31(38-25-39-34)23-40-42(33)24-26-22-37-28(21-36)20-32(26)43-5/h7-12,14-17,20,22-23,25,27H,6,13,18-19,21,24H2,1-5H3,(H,38,39,41). The summed E-state index contributed by atoms with van der Waals surface area (Å²) in [6.07, 6.45) is 7.99. The summed E-state index contributed by atoms with van der Waals surface area (Å²) >= 11 is 6.00. The molecule has 3 heterocycles. The highest BCUT2D eigenvalue weighted by molar-refractivity contribution is 6.99. The van der Waals surface area contributed by atoms with Crippen molar-refractivity contribution >= 4 is 47.1 Å². The number of fused-ring (bicyclic) bond motifs is 1. The summed E-state index contributed by atoms with van der Waals surface area (Å²) < 4.78 is 14.8. The summed E-state index contributed by atoms with van der Waals surface area (Å²) in [6, 6.07) is 23.6. The van der Waals surface area contributed by atoms with Crippen LogP contribution in [0.2, 0.25) is 5.04 Å². The number of hydrogen-bond donors (Lipinski definition) is 1. The molecule has 0 saturated heterocycles. The summed E-state index contributed by atoms with van der Waals surface area (Å²) in [6.45, 7) is 10.2. The van der Waals surface area contributed by atoms with Crippen LogP contribution in [0.5, 0.6) is 5.75 Å².